The lowest BCUT2D eigenvalue weighted by Gasteiger charge is -2.34. The predicted molar refractivity (Wildman–Crippen MR) is 109 cm³/mol. The second kappa shape index (κ2) is 10.5. The molecule has 1 N–H and O–H groups in total. The summed E-state index contributed by atoms with van der Waals surface area (Å²) in [5.41, 5.74) is 1.79. The van der Waals surface area contributed by atoms with E-state index in [-0.39, 0.29) is 32.1 Å². The highest BCUT2D eigenvalue weighted by Gasteiger charge is 2.40. The van der Waals surface area contributed by atoms with Crippen molar-refractivity contribution in [2.75, 3.05) is 31.8 Å². The summed E-state index contributed by atoms with van der Waals surface area (Å²) in [5.74, 6) is -2.48. The highest BCUT2D eigenvalue weighted by atomic mass is 19.4. The molecule has 2 aromatic carbocycles. The first-order valence-electron chi connectivity index (χ1n) is 9.88. The van der Waals surface area contributed by atoms with Gasteiger partial charge in [-0.2, -0.15) is 18.4 Å². The van der Waals surface area contributed by atoms with E-state index in [0.717, 1.165) is 0 Å². The van der Waals surface area contributed by atoms with Crippen LogP contribution in [0, 0.1) is 17.1 Å². The lowest BCUT2D eigenvalue weighted by molar-refractivity contribution is -0.194. The Labute approximate surface area is 187 Å². The van der Waals surface area contributed by atoms with Gasteiger partial charge in [-0.3, -0.25) is 4.79 Å². The van der Waals surface area contributed by atoms with E-state index in [9.17, 15) is 22.4 Å². The van der Waals surface area contributed by atoms with Gasteiger partial charge >= 0.3 is 12.1 Å². The Morgan fingerprint density at radius 1 is 1.21 bits per heavy atom. The van der Waals surface area contributed by atoms with Crippen molar-refractivity contribution < 1.29 is 36.6 Å². The number of benzene rings is 2. The molecule has 33 heavy (non-hydrogen) atoms. The van der Waals surface area contributed by atoms with Crippen molar-refractivity contribution in [3.63, 3.8) is 0 Å². The molecule has 2 aromatic rings. The maximum absolute atomic E-state index is 14.1. The Balaban J connectivity index is 1.69. The third-order valence-corrected chi connectivity index (χ3v) is 4.88. The molecule has 0 unspecified atom stereocenters. The highest BCUT2D eigenvalue weighted by molar-refractivity contribution is 5.81. The predicted octanol–water partition coefficient (Wildman–Crippen LogP) is 3.13. The number of amides is 1. The average Bonchev–Trinajstić information content (AvgIpc) is 2.79. The smallest absolute Gasteiger partial charge is 0.471 e. The Hall–Kier alpha value is -3.36. The van der Waals surface area contributed by atoms with Gasteiger partial charge in [0.15, 0.2) is 17.9 Å². The van der Waals surface area contributed by atoms with Crippen molar-refractivity contribution in [1.29, 1.82) is 5.26 Å². The quantitative estimate of drug-likeness (QED) is 0.630. The second-order valence-electron chi connectivity index (χ2n) is 7.27. The maximum atomic E-state index is 14.1. The molecule has 11 heteroatoms. The molecule has 7 nitrogen and oxygen atoms in total. The van der Waals surface area contributed by atoms with Crippen LogP contribution in [0.4, 0.5) is 23.2 Å². The van der Waals surface area contributed by atoms with Crippen LogP contribution in [0.15, 0.2) is 42.5 Å². The topological polar surface area (TPSA) is 83.8 Å². The van der Waals surface area contributed by atoms with Crippen LogP contribution in [0.5, 0.6) is 5.75 Å². The van der Waals surface area contributed by atoms with Crippen LogP contribution in [0.3, 0.4) is 0 Å². The number of nitrogens with one attached hydrogen (secondary N) is 1. The Morgan fingerprint density at radius 2 is 1.88 bits per heavy atom. The number of rotatable bonds is 7. The van der Waals surface area contributed by atoms with Gasteiger partial charge in [0, 0.05) is 12.2 Å². The molecule has 1 aliphatic rings. The molecule has 176 valence electrons. The molecular formula is C22H21F4N3O4. The summed E-state index contributed by atoms with van der Waals surface area (Å²) < 4.78 is 67.4. The van der Waals surface area contributed by atoms with Gasteiger partial charge in [0.1, 0.15) is 0 Å². The van der Waals surface area contributed by atoms with Gasteiger partial charge < -0.3 is 24.4 Å². The number of carbonyl (C=O) groups is 1. The van der Waals surface area contributed by atoms with E-state index < -0.39 is 30.2 Å². The normalized spacial score (nSPS) is 18.3. The van der Waals surface area contributed by atoms with E-state index in [1.54, 1.807) is 30.3 Å². The van der Waals surface area contributed by atoms with Crippen LogP contribution >= 0.6 is 0 Å². The number of hydrogen-bond donors (Lipinski definition) is 1. The number of halogens is 4. The fraction of sp³-hybridized carbons (Fsp3) is 0.364. The van der Waals surface area contributed by atoms with Crippen molar-refractivity contribution in [1.82, 2.24) is 5.32 Å². The minimum Gasteiger partial charge on any atom is -0.494 e. The van der Waals surface area contributed by atoms with Crippen molar-refractivity contribution in [2.45, 2.75) is 25.1 Å². The molecule has 0 radical (unpaired) electrons. The summed E-state index contributed by atoms with van der Waals surface area (Å²) in [4.78, 5) is 12.9. The van der Waals surface area contributed by atoms with Gasteiger partial charge in [-0.25, -0.2) is 4.39 Å². The molecule has 0 bridgehead atoms. The number of carbonyl (C=O) groups excluding carboxylic acids is 1. The summed E-state index contributed by atoms with van der Waals surface area (Å²) in [5, 5.41) is 10.8. The minimum atomic E-state index is -4.99. The van der Waals surface area contributed by atoms with Crippen LogP contribution in [0.25, 0.3) is 0 Å². The molecule has 0 atom stereocenters. The van der Waals surface area contributed by atoms with E-state index >= 15 is 0 Å². The molecule has 1 fully saturated rings. The summed E-state index contributed by atoms with van der Waals surface area (Å²) in [6.07, 6.45) is -5.79. The number of nitriles is 1. The Kier molecular flexibility index (Phi) is 7.73. The standard InChI is InChI=1S/C22H21F4N3O4/c1-31-19-7-4-15(8-18(19)23)10-29(17-5-2-14(9-27)3-6-17)11-20-32-12-16(13-33-20)28-21(30)22(24,25)26/h2-8,16,20H,10-13H2,1H3,(H,28,30). The first-order chi connectivity index (χ1) is 15.7. The SMILES string of the molecule is COc1ccc(CN(CC2OCC(NC(=O)C(F)(F)F)CO2)c2ccc(C#N)cc2)cc1F. The number of methoxy groups -OCH3 is 1. The fourth-order valence-corrected chi connectivity index (χ4v) is 3.22. The molecule has 1 saturated heterocycles. The van der Waals surface area contributed by atoms with E-state index in [4.69, 9.17) is 19.5 Å². The van der Waals surface area contributed by atoms with Crippen LogP contribution in [0.1, 0.15) is 11.1 Å². The van der Waals surface area contributed by atoms with Gasteiger partial charge in [0.2, 0.25) is 0 Å². The molecule has 3 rings (SSSR count). The monoisotopic (exact) mass is 467 g/mol. The minimum absolute atomic E-state index is 0.106. The summed E-state index contributed by atoms with van der Waals surface area (Å²) >= 11 is 0. The molecular weight excluding hydrogens is 446 g/mol. The van der Waals surface area contributed by atoms with Crippen molar-refractivity contribution in [3.05, 3.63) is 59.4 Å². The van der Waals surface area contributed by atoms with Crippen LogP contribution in [-0.2, 0) is 20.8 Å². The lowest BCUT2D eigenvalue weighted by atomic mass is 10.1. The number of ether oxygens (including phenoxy) is 3. The first-order valence-corrected chi connectivity index (χ1v) is 9.88. The third kappa shape index (κ3) is 6.57. The highest BCUT2D eigenvalue weighted by Crippen LogP contribution is 2.23. The number of nitrogens with zero attached hydrogens (tertiary/aromatic N) is 2. The fourth-order valence-electron chi connectivity index (χ4n) is 3.22. The van der Waals surface area contributed by atoms with Crippen LogP contribution in [-0.4, -0.2) is 51.3 Å². The van der Waals surface area contributed by atoms with Crippen LogP contribution < -0.4 is 15.0 Å². The first kappa shape index (κ1) is 24.3. The summed E-state index contributed by atoms with van der Waals surface area (Å²) in [7, 11) is 1.36. The van der Waals surface area contributed by atoms with Crippen LogP contribution in [0.2, 0.25) is 0 Å². The zero-order valence-corrected chi connectivity index (χ0v) is 17.6. The van der Waals surface area contributed by atoms with Gasteiger partial charge in [-0.15, -0.1) is 0 Å². The van der Waals surface area contributed by atoms with Crippen molar-refractivity contribution >= 4 is 11.6 Å². The molecule has 1 aliphatic heterocycles. The van der Waals surface area contributed by atoms with E-state index in [2.05, 4.69) is 0 Å². The molecule has 1 heterocycles. The molecule has 0 aromatic heterocycles. The van der Waals surface area contributed by atoms with Gasteiger partial charge in [0.25, 0.3) is 0 Å². The summed E-state index contributed by atoms with van der Waals surface area (Å²) in [6, 6.07) is 12.3. The van der Waals surface area contributed by atoms with E-state index in [1.165, 1.54) is 19.2 Å². The third-order valence-electron chi connectivity index (χ3n) is 4.88. The Morgan fingerprint density at radius 3 is 2.42 bits per heavy atom. The number of anilines is 1. The largest absolute Gasteiger partial charge is 0.494 e. The van der Waals surface area contributed by atoms with Gasteiger partial charge in [-0.05, 0) is 42.0 Å². The Bertz CT molecular complexity index is 1000. The second-order valence-corrected chi connectivity index (χ2v) is 7.27. The number of alkyl halides is 3. The molecule has 0 saturated carbocycles. The van der Waals surface area contributed by atoms with Gasteiger partial charge in [-0.1, -0.05) is 6.07 Å². The summed E-state index contributed by atoms with van der Waals surface area (Å²) in [6.45, 7) is 0.0967. The zero-order chi connectivity index (χ0) is 24.0. The zero-order valence-electron chi connectivity index (χ0n) is 17.6. The van der Waals surface area contributed by atoms with Crippen molar-refractivity contribution in [2.24, 2.45) is 0 Å². The van der Waals surface area contributed by atoms with Gasteiger partial charge in [0.05, 0.1) is 44.5 Å². The molecule has 0 spiro atoms. The molecule has 0 aliphatic carbocycles. The van der Waals surface area contributed by atoms with Crippen molar-refractivity contribution in [3.8, 4) is 11.8 Å². The number of hydrogen-bond acceptors (Lipinski definition) is 6. The average molecular weight is 467 g/mol. The van der Waals surface area contributed by atoms with E-state index in [1.807, 2.05) is 16.3 Å². The lowest BCUT2D eigenvalue weighted by Crippen LogP contribution is -2.52. The molecule has 1 amide bonds. The maximum Gasteiger partial charge on any atom is 0.471 e. The van der Waals surface area contributed by atoms with E-state index in [0.29, 0.717) is 16.8 Å².